The Bertz CT molecular complexity index is 616. The summed E-state index contributed by atoms with van der Waals surface area (Å²) in [7, 11) is 3.83. The lowest BCUT2D eigenvalue weighted by atomic mass is 9.77. The van der Waals surface area contributed by atoms with Gasteiger partial charge in [-0.25, -0.2) is 0 Å². The zero-order valence-corrected chi connectivity index (χ0v) is 14.6. The third kappa shape index (κ3) is 2.36. The summed E-state index contributed by atoms with van der Waals surface area (Å²) in [5.74, 6) is 1.99. The van der Waals surface area contributed by atoms with E-state index in [9.17, 15) is 5.11 Å². The van der Waals surface area contributed by atoms with Crippen LogP contribution in [0.2, 0.25) is 0 Å². The molecule has 0 amide bonds. The molecule has 4 nitrogen and oxygen atoms in total. The largest absolute Gasteiger partial charge is 0.493 e. The van der Waals surface area contributed by atoms with Crippen LogP contribution in [0.15, 0.2) is 23.8 Å². The second-order valence-electron chi connectivity index (χ2n) is 6.34. The predicted octanol–water partition coefficient (Wildman–Crippen LogP) is 2.64. The summed E-state index contributed by atoms with van der Waals surface area (Å²) in [6.07, 6.45) is 3.36. The van der Waals surface area contributed by atoms with Crippen molar-refractivity contribution in [3.63, 3.8) is 0 Å². The Hall–Kier alpha value is -1.04. The fourth-order valence-corrected chi connectivity index (χ4v) is 3.98. The molecule has 0 bridgehead atoms. The van der Waals surface area contributed by atoms with Gasteiger partial charge in [-0.1, -0.05) is 17.7 Å². The average molecular weight is 368 g/mol. The van der Waals surface area contributed by atoms with E-state index >= 15 is 0 Å². The second kappa shape index (κ2) is 5.87. The molecule has 0 aromatic heterocycles. The molecule has 2 aliphatic heterocycles. The minimum Gasteiger partial charge on any atom is -0.493 e. The molecule has 2 heterocycles. The Labute approximate surface area is 141 Å². The smallest absolute Gasteiger partial charge is 0.165 e. The first-order valence-corrected chi connectivity index (χ1v) is 7.61. The maximum absolute atomic E-state index is 10.1. The third-order valence-corrected chi connectivity index (χ3v) is 4.92. The highest BCUT2D eigenvalue weighted by Gasteiger charge is 2.44. The van der Waals surface area contributed by atoms with E-state index in [0.29, 0.717) is 12.3 Å². The van der Waals surface area contributed by atoms with Crippen molar-refractivity contribution < 1.29 is 14.6 Å². The Morgan fingerprint density at radius 1 is 1.36 bits per heavy atom. The summed E-state index contributed by atoms with van der Waals surface area (Å²) >= 11 is 0. The molecule has 0 saturated heterocycles. The molecule has 1 aliphatic carbocycles. The summed E-state index contributed by atoms with van der Waals surface area (Å²) in [6.45, 7) is 1.96. The first-order valence-electron chi connectivity index (χ1n) is 7.61. The van der Waals surface area contributed by atoms with Crippen molar-refractivity contribution in [3.8, 4) is 11.5 Å². The average Bonchev–Trinajstić information content (AvgIpc) is 2.82. The Balaban J connectivity index is 0.00000144. The van der Waals surface area contributed by atoms with Crippen molar-refractivity contribution in [1.29, 1.82) is 0 Å². The number of methoxy groups -OCH3 is 1. The molecule has 3 aliphatic rings. The third-order valence-electron chi connectivity index (χ3n) is 4.92. The van der Waals surface area contributed by atoms with Gasteiger partial charge >= 0.3 is 0 Å². The van der Waals surface area contributed by atoms with Crippen LogP contribution in [-0.2, 0) is 6.54 Å². The van der Waals surface area contributed by atoms with Crippen LogP contribution in [0.5, 0.6) is 11.5 Å². The van der Waals surface area contributed by atoms with E-state index in [1.165, 1.54) is 16.7 Å². The van der Waals surface area contributed by atoms with E-state index in [1.54, 1.807) is 7.11 Å². The van der Waals surface area contributed by atoms with Crippen molar-refractivity contribution in [2.24, 2.45) is 0 Å². The van der Waals surface area contributed by atoms with Crippen LogP contribution >= 0.6 is 17.0 Å². The molecular weight excluding hydrogens is 346 g/mol. The van der Waals surface area contributed by atoms with Gasteiger partial charge in [-0.05, 0) is 25.1 Å². The molecule has 0 spiro atoms. The Kier molecular flexibility index (Phi) is 4.23. The zero-order valence-electron chi connectivity index (χ0n) is 12.9. The molecular formula is C17H22BrNO3. The molecule has 4 rings (SSSR count). The highest BCUT2D eigenvalue weighted by Crippen LogP contribution is 2.53. The first kappa shape index (κ1) is 15.8. The summed E-state index contributed by atoms with van der Waals surface area (Å²) in [4.78, 5) is 2.33. The van der Waals surface area contributed by atoms with E-state index in [1.807, 2.05) is 12.1 Å². The van der Waals surface area contributed by atoms with Crippen molar-refractivity contribution in [2.75, 3.05) is 20.7 Å². The Morgan fingerprint density at radius 3 is 2.95 bits per heavy atom. The quantitative estimate of drug-likeness (QED) is 0.774. The number of aliphatic hydroxyl groups is 1. The van der Waals surface area contributed by atoms with Crippen molar-refractivity contribution in [1.82, 2.24) is 4.90 Å². The van der Waals surface area contributed by atoms with E-state index in [-0.39, 0.29) is 23.1 Å². The molecule has 1 aromatic carbocycles. The number of rotatable bonds is 1. The van der Waals surface area contributed by atoms with Crippen LogP contribution in [0, 0.1) is 0 Å². The molecule has 1 aromatic rings. The van der Waals surface area contributed by atoms with Gasteiger partial charge in [0, 0.05) is 31.0 Å². The minimum absolute atomic E-state index is 0. The standard InChI is InChI=1S/C17H21NO3.BrH/c1-18-6-5-10-7-12(19)8-14-15(10)16-11(9-18)3-4-13(20-2)17(16)21-14;/h3-4,7,12,14-15,19H,5-6,8-9H2,1-2H3;1H/t12-,14-,15+;/m0./s1. The van der Waals surface area contributed by atoms with E-state index in [2.05, 4.69) is 18.0 Å². The maximum Gasteiger partial charge on any atom is 0.165 e. The SMILES string of the molecule is Br.COc1ccc2c3c1O[C@H]1C[C@@H](O)C=C(CCN(C)C2)[C@@H]31. The minimum atomic E-state index is -0.394. The van der Waals surface area contributed by atoms with Crippen LogP contribution in [0.4, 0.5) is 0 Å². The summed E-state index contributed by atoms with van der Waals surface area (Å²) in [5.41, 5.74) is 3.92. The number of hydrogen-bond donors (Lipinski definition) is 1. The monoisotopic (exact) mass is 367 g/mol. The van der Waals surface area contributed by atoms with Gasteiger partial charge in [0.25, 0.3) is 0 Å². The topological polar surface area (TPSA) is 41.9 Å². The number of benzene rings is 1. The molecule has 1 N–H and O–H groups in total. The van der Waals surface area contributed by atoms with Gasteiger partial charge in [0.1, 0.15) is 6.10 Å². The molecule has 120 valence electrons. The van der Waals surface area contributed by atoms with Crippen LogP contribution in [0.25, 0.3) is 0 Å². The highest BCUT2D eigenvalue weighted by molar-refractivity contribution is 8.93. The van der Waals surface area contributed by atoms with Crippen molar-refractivity contribution >= 4 is 17.0 Å². The van der Waals surface area contributed by atoms with Crippen molar-refractivity contribution in [3.05, 3.63) is 34.9 Å². The summed E-state index contributed by atoms with van der Waals surface area (Å²) in [6, 6.07) is 4.16. The van der Waals surface area contributed by atoms with Crippen LogP contribution in [0.1, 0.15) is 29.9 Å². The van der Waals surface area contributed by atoms with Crippen LogP contribution in [-0.4, -0.2) is 42.9 Å². The fourth-order valence-electron chi connectivity index (χ4n) is 3.98. The summed E-state index contributed by atoms with van der Waals surface area (Å²) < 4.78 is 11.7. The van der Waals surface area contributed by atoms with Gasteiger partial charge in [0.05, 0.1) is 13.2 Å². The van der Waals surface area contributed by atoms with Gasteiger partial charge in [0.15, 0.2) is 11.5 Å². The highest BCUT2D eigenvalue weighted by atomic mass is 79.9. The number of halogens is 1. The fraction of sp³-hybridized carbons (Fsp3) is 0.529. The van der Waals surface area contributed by atoms with Gasteiger partial charge < -0.3 is 19.5 Å². The molecule has 0 fully saturated rings. The molecule has 5 heteroatoms. The number of ether oxygens (including phenoxy) is 2. The van der Waals surface area contributed by atoms with Gasteiger partial charge in [-0.15, -0.1) is 17.0 Å². The predicted molar refractivity (Wildman–Crippen MR) is 90.1 cm³/mol. The molecule has 22 heavy (non-hydrogen) atoms. The van der Waals surface area contributed by atoms with E-state index in [4.69, 9.17) is 9.47 Å². The van der Waals surface area contributed by atoms with Crippen LogP contribution < -0.4 is 9.47 Å². The van der Waals surface area contributed by atoms with E-state index < -0.39 is 6.10 Å². The van der Waals surface area contributed by atoms with E-state index in [0.717, 1.165) is 31.0 Å². The lowest BCUT2D eigenvalue weighted by Gasteiger charge is -2.32. The Morgan fingerprint density at radius 2 is 2.18 bits per heavy atom. The number of aliphatic hydroxyl groups excluding tert-OH is 1. The number of nitrogens with zero attached hydrogens (tertiary/aromatic N) is 1. The summed E-state index contributed by atoms with van der Waals surface area (Å²) in [5, 5.41) is 10.1. The number of hydrogen-bond acceptors (Lipinski definition) is 4. The molecule has 3 atom stereocenters. The van der Waals surface area contributed by atoms with Crippen LogP contribution in [0.3, 0.4) is 0 Å². The molecule has 0 unspecified atom stereocenters. The van der Waals surface area contributed by atoms with Gasteiger partial charge in [0.2, 0.25) is 0 Å². The first-order chi connectivity index (χ1) is 10.2. The zero-order chi connectivity index (χ0) is 14.6. The van der Waals surface area contributed by atoms with Crippen molar-refractivity contribution in [2.45, 2.75) is 37.5 Å². The normalized spacial score (nSPS) is 29.4. The lowest BCUT2D eigenvalue weighted by Crippen LogP contribution is -2.33. The molecule has 0 radical (unpaired) electrons. The van der Waals surface area contributed by atoms with Gasteiger partial charge in [-0.3, -0.25) is 0 Å². The second-order valence-corrected chi connectivity index (χ2v) is 6.34. The maximum atomic E-state index is 10.1. The lowest BCUT2D eigenvalue weighted by molar-refractivity contribution is 0.111. The van der Waals surface area contributed by atoms with Gasteiger partial charge in [-0.2, -0.15) is 0 Å². The molecule has 0 saturated carbocycles.